The molecule has 11 nitrogen and oxygen atoms in total. The van der Waals surface area contributed by atoms with E-state index in [1.807, 2.05) is 144 Å². The quantitative estimate of drug-likeness (QED) is 0.0493. The summed E-state index contributed by atoms with van der Waals surface area (Å²) in [5.41, 5.74) is 7.94. The fourth-order valence-electron chi connectivity index (χ4n) is 7.59. The number of aryl methyl sites for hydroxylation is 5. The van der Waals surface area contributed by atoms with Gasteiger partial charge in [0, 0.05) is 24.7 Å². The van der Waals surface area contributed by atoms with Crippen molar-refractivity contribution in [3.8, 4) is 17.2 Å². The summed E-state index contributed by atoms with van der Waals surface area (Å²) in [5.74, 6) is 0.607. The normalized spacial score (nSPS) is 11.8. The maximum atomic E-state index is 14.7. The van der Waals surface area contributed by atoms with E-state index in [9.17, 15) is 18.0 Å². The van der Waals surface area contributed by atoms with Gasteiger partial charge < -0.3 is 29.0 Å². The molecule has 1 unspecified atom stereocenters. The van der Waals surface area contributed by atoms with Gasteiger partial charge in [-0.25, -0.2) is 13.2 Å². The number of methoxy groups -OCH3 is 1. The van der Waals surface area contributed by atoms with Gasteiger partial charge in [0.1, 0.15) is 28.2 Å². The Balaban J connectivity index is 1.15. The van der Waals surface area contributed by atoms with Gasteiger partial charge >= 0.3 is 5.97 Å². The summed E-state index contributed by atoms with van der Waals surface area (Å²) in [4.78, 5) is 27.0. The third kappa shape index (κ3) is 14.0. The van der Waals surface area contributed by atoms with Crippen LogP contribution in [0.3, 0.4) is 0 Å². The summed E-state index contributed by atoms with van der Waals surface area (Å²) < 4.78 is 60.4. The number of ether oxygens (including phenoxy) is 5. The van der Waals surface area contributed by atoms with Crippen LogP contribution in [0.5, 0.6) is 17.2 Å². The molecule has 0 saturated heterocycles. The van der Waals surface area contributed by atoms with Crippen molar-refractivity contribution in [1.29, 1.82) is 0 Å². The Labute approximate surface area is 389 Å². The fraction of sp³-hybridized carbons (Fsp3) is 0.296. The van der Waals surface area contributed by atoms with E-state index in [-0.39, 0.29) is 56.0 Å². The van der Waals surface area contributed by atoms with Crippen LogP contribution in [-0.2, 0) is 45.6 Å². The summed E-state index contributed by atoms with van der Waals surface area (Å²) in [5, 5.41) is 2.92. The Hall–Kier alpha value is -6.47. The fourth-order valence-corrected chi connectivity index (χ4v) is 9.13. The maximum Gasteiger partial charge on any atom is 0.338 e. The zero-order valence-corrected chi connectivity index (χ0v) is 39.5. The number of esters is 1. The lowest BCUT2D eigenvalue weighted by Crippen LogP contribution is -2.37. The molecule has 0 saturated carbocycles. The van der Waals surface area contributed by atoms with Crippen molar-refractivity contribution in [2.24, 2.45) is 0 Å². The first kappa shape index (κ1) is 49.0. The first-order valence-corrected chi connectivity index (χ1v) is 23.6. The molecule has 1 N–H and O–H groups in total. The number of benzene rings is 6. The molecule has 0 spiro atoms. The van der Waals surface area contributed by atoms with Crippen LogP contribution >= 0.6 is 0 Å². The van der Waals surface area contributed by atoms with E-state index in [0.717, 1.165) is 50.3 Å². The number of amides is 1. The number of nitrogens with one attached hydrogen (secondary N) is 1. The smallest absolute Gasteiger partial charge is 0.338 e. The topological polar surface area (TPSA) is 130 Å². The highest BCUT2D eigenvalue weighted by Gasteiger charge is 2.30. The number of hydrogen-bond donors (Lipinski definition) is 1. The van der Waals surface area contributed by atoms with E-state index in [4.69, 9.17) is 23.7 Å². The molecule has 0 bridgehead atoms. The summed E-state index contributed by atoms with van der Waals surface area (Å²) in [6.07, 6.45) is 0.268. The van der Waals surface area contributed by atoms with E-state index in [1.165, 1.54) is 4.31 Å². The molecule has 346 valence electrons. The van der Waals surface area contributed by atoms with Crippen LogP contribution < -0.4 is 19.5 Å². The maximum absolute atomic E-state index is 14.7. The van der Waals surface area contributed by atoms with Crippen LogP contribution in [-0.4, -0.2) is 64.2 Å². The van der Waals surface area contributed by atoms with Gasteiger partial charge in [0.15, 0.2) is 0 Å². The molecule has 0 aliphatic heterocycles. The van der Waals surface area contributed by atoms with Gasteiger partial charge in [0.2, 0.25) is 10.0 Å². The molecule has 66 heavy (non-hydrogen) atoms. The second-order valence-electron chi connectivity index (χ2n) is 16.4. The number of carbonyl (C=O) groups excluding carboxylic acids is 2. The Morgan fingerprint density at radius 2 is 1.29 bits per heavy atom. The first-order valence-electron chi connectivity index (χ1n) is 22.2. The predicted octanol–water partition coefficient (Wildman–Crippen LogP) is 9.90. The van der Waals surface area contributed by atoms with Gasteiger partial charge in [-0.2, -0.15) is 4.31 Å². The van der Waals surface area contributed by atoms with Crippen LogP contribution in [0.1, 0.15) is 78.6 Å². The Kier molecular flexibility index (Phi) is 17.5. The zero-order chi connectivity index (χ0) is 47.1. The second kappa shape index (κ2) is 23.6. The molecule has 6 aromatic carbocycles. The van der Waals surface area contributed by atoms with Crippen LogP contribution in [0, 0.1) is 27.7 Å². The van der Waals surface area contributed by atoms with E-state index >= 15 is 0 Å². The lowest BCUT2D eigenvalue weighted by Gasteiger charge is -2.25. The largest absolute Gasteiger partial charge is 0.497 e. The van der Waals surface area contributed by atoms with E-state index in [2.05, 4.69) is 5.32 Å². The van der Waals surface area contributed by atoms with E-state index in [0.29, 0.717) is 36.3 Å². The SMILES string of the molecule is CCOc1cc(S(=O)(=O)N(Cc2ccccc2)Cc2ccccc2)c(OCCCc2cc(C)cc(C(=O)OC(CNC(=O)c3cc(C)cc(C)c3)COCc3ccc(OC)cc3)c2)cc1C. The summed E-state index contributed by atoms with van der Waals surface area (Å²) >= 11 is 0. The van der Waals surface area contributed by atoms with E-state index < -0.39 is 22.1 Å². The highest BCUT2D eigenvalue weighted by atomic mass is 32.2. The lowest BCUT2D eigenvalue weighted by molar-refractivity contribution is -0.00745. The average molecular weight is 913 g/mol. The Bertz CT molecular complexity index is 2590. The molecule has 6 rings (SSSR count). The molecule has 12 heteroatoms. The van der Waals surface area contributed by atoms with Gasteiger partial charge in [0.05, 0.1) is 45.6 Å². The highest BCUT2D eigenvalue weighted by Crippen LogP contribution is 2.35. The minimum absolute atomic E-state index is 0.0247. The first-order chi connectivity index (χ1) is 31.8. The van der Waals surface area contributed by atoms with Crippen molar-refractivity contribution in [1.82, 2.24) is 9.62 Å². The number of nitrogens with zero attached hydrogens (tertiary/aromatic N) is 1. The molecule has 0 fully saturated rings. The average Bonchev–Trinajstić information content (AvgIpc) is 3.30. The number of rotatable bonds is 23. The third-order valence-corrected chi connectivity index (χ3v) is 12.6. The van der Waals surface area contributed by atoms with Crippen molar-refractivity contribution in [2.45, 2.75) is 78.2 Å². The number of carbonyl (C=O) groups is 2. The van der Waals surface area contributed by atoms with Gasteiger partial charge in [-0.1, -0.05) is 102 Å². The van der Waals surface area contributed by atoms with Gasteiger partial charge in [-0.15, -0.1) is 0 Å². The Morgan fingerprint density at radius 3 is 1.91 bits per heavy atom. The molecule has 6 aromatic rings. The third-order valence-electron chi connectivity index (χ3n) is 10.8. The van der Waals surface area contributed by atoms with Crippen LogP contribution in [0.4, 0.5) is 0 Å². The molecule has 0 aliphatic rings. The molecular formula is C54H60N2O9S. The van der Waals surface area contributed by atoms with Gasteiger partial charge in [0.25, 0.3) is 5.91 Å². The molecule has 0 radical (unpaired) electrons. The standard InChI is InChI=1S/C54H60N2O9S/c1-7-63-50-32-52(66(59,60)56(34-42-15-10-8-11-16-42)35-43-17-12-9-13-18-43)51(30-41(50)5)64-24-14-19-45-26-40(4)29-47(31-45)54(58)65-49(37-62-36-44-20-22-48(61-6)23-21-44)33-55-53(57)46-27-38(2)25-39(3)28-46/h8-13,15-18,20-23,25-32,49H,7,14,19,24,33-37H2,1-6H3,(H,55,57). The molecular weight excluding hydrogens is 853 g/mol. The Morgan fingerprint density at radius 1 is 0.667 bits per heavy atom. The lowest BCUT2D eigenvalue weighted by atomic mass is 10.0. The number of hydrogen-bond acceptors (Lipinski definition) is 9. The van der Waals surface area contributed by atoms with Crippen LogP contribution in [0.25, 0.3) is 0 Å². The summed E-state index contributed by atoms with van der Waals surface area (Å²) in [7, 11) is -2.51. The minimum atomic E-state index is -4.12. The molecule has 1 atom stereocenters. The van der Waals surface area contributed by atoms with Gasteiger partial charge in [-0.3, -0.25) is 4.79 Å². The number of sulfonamides is 1. The molecule has 1 amide bonds. The van der Waals surface area contributed by atoms with Crippen LogP contribution in [0.2, 0.25) is 0 Å². The monoisotopic (exact) mass is 912 g/mol. The van der Waals surface area contributed by atoms with Crippen molar-refractivity contribution in [2.75, 3.05) is 33.5 Å². The zero-order valence-electron chi connectivity index (χ0n) is 38.7. The van der Waals surface area contributed by atoms with Crippen molar-refractivity contribution in [3.63, 3.8) is 0 Å². The van der Waals surface area contributed by atoms with Crippen LogP contribution in [0.15, 0.2) is 138 Å². The van der Waals surface area contributed by atoms with Crippen molar-refractivity contribution in [3.05, 3.63) is 189 Å². The van der Waals surface area contributed by atoms with Gasteiger partial charge in [-0.05, 0) is 118 Å². The highest BCUT2D eigenvalue weighted by molar-refractivity contribution is 7.89. The summed E-state index contributed by atoms with van der Waals surface area (Å²) in [6, 6.07) is 41.0. The second-order valence-corrected chi connectivity index (χ2v) is 18.3. The van der Waals surface area contributed by atoms with E-state index in [1.54, 1.807) is 31.4 Å². The minimum Gasteiger partial charge on any atom is -0.497 e. The molecule has 0 heterocycles. The predicted molar refractivity (Wildman–Crippen MR) is 257 cm³/mol. The molecule has 0 aliphatic carbocycles. The summed E-state index contributed by atoms with van der Waals surface area (Å²) in [6.45, 7) is 10.7. The van der Waals surface area contributed by atoms with Crippen molar-refractivity contribution < 1.29 is 41.7 Å². The van der Waals surface area contributed by atoms with Crippen molar-refractivity contribution >= 4 is 21.9 Å². The molecule has 0 aromatic heterocycles.